The van der Waals surface area contributed by atoms with Crippen LogP contribution in [0.2, 0.25) is 5.15 Å². The van der Waals surface area contributed by atoms with Crippen LogP contribution in [-0.4, -0.2) is 53.5 Å². The Morgan fingerprint density at radius 2 is 1.90 bits per heavy atom. The van der Waals surface area contributed by atoms with Gasteiger partial charge in [-0.3, -0.25) is 4.79 Å². The third-order valence-electron chi connectivity index (χ3n) is 3.69. The van der Waals surface area contributed by atoms with Crippen molar-refractivity contribution in [3.05, 3.63) is 23.9 Å². The molecule has 0 radical (unpaired) electrons. The molecular formula is C16H18ClF3N4O3S2. The van der Waals surface area contributed by atoms with Gasteiger partial charge < -0.3 is 4.90 Å². The summed E-state index contributed by atoms with van der Waals surface area (Å²) in [4.78, 5) is 25.9. The predicted molar refractivity (Wildman–Crippen MR) is 105 cm³/mol. The van der Waals surface area contributed by atoms with Crippen LogP contribution in [0.4, 0.5) is 18.2 Å². The first kappa shape index (κ1) is 23.5. The Morgan fingerprint density at radius 3 is 2.48 bits per heavy atom. The summed E-state index contributed by atoms with van der Waals surface area (Å²) in [6.45, 7) is 2.08. The number of anilines is 1. The molecule has 29 heavy (non-hydrogen) atoms. The number of hydrogen-bond donors (Lipinski definition) is 0. The van der Waals surface area contributed by atoms with E-state index in [9.17, 15) is 26.4 Å². The van der Waals surface area contributed by atoms with Gasteiger partial charge in [0, 0.05) is 30.9 Å². The number of nitrogens with zero attached hydrogens (tertiary/aromatic N) is 4. The van der Waals surface area contributed by atoms with E-state index in [1.54, 1.807) is 0 Å². The molecule has 0 aromatic carbocycles. The largest absolute Gasteiger partial charge is 0.390 e. The molecule has 0 unspecified atom stereocenters. The first-order valence-electron chi connectivity index (χ1n) is 8.51. The van der Waals surface area contributed by atoms with Crippen molar-refractivity contribution in [2.45, 2.75) is 32.4 Å². The highest BCUT2D eigenvalue weighted by Crippen LogP contribution is 2.37. The van der Waals surface area contributed by atoms with Gasteiger partial charge in [0.15, 0.2) is 15.0 Å². The Kier molecular flexibility index (Phi) is 7.94. The summed E-state index contributed by atoms with van der Waals surface area (Å²) < 4.78 is 60.4. The summed E-state index contributed by atoms with van der Waals surface area (Å²) in [7, 11) is -4.02. The normalized spacial score (nSPS) is 12.2. The third-order valence-corrected chi connectivity index (χ3v) is 6.85. The van der Waals surface area contributed by atoms with Crippen LogP contribution < -0.4 is 4.90 Å². The zero-order valence-electron chi connectivity index (χ0n) is 15.3. The second-order valence-corrected chi connectivity index (χ2v) is 9.69. The Bertz CT molecular complexity index is 937. The minimum atomic E-state index is -4.57. The van der Waals surface area contributed by atoms with Crippen molar-refractivity contribution in [3.63, 3.8) is 0 Å². The molecule has 0 aliphatic heterocycles. The molecular weight excluding hydrogens is 453 g/mol. The number of carbonyl (C=O) groups excluding carboxylic acids is 1. The summed E-state index contributed by atoms with van der Waals surface area (Å²) in [5.74, 6) is -2.27. The number of rotatable bonds is 9. The van der Waals surface area contributed by atoms with E-state index in [0.717, 1.165) is 11.3 Å². The maximum atomic E-state index is 12.6. The highest BCUT2D eigenvalue weighted by atomic mass is 35.5. The Balaban J connectivity index is 2.13. The molecule has 0 fully saturated rings. The molecule has 2 aromatic rings. The summed E-state index contributed by atoms with van der Waals surface area (Å²) >= 11 is 7.30. The topological polar surface area (TPSA) is 93.1 Å². The predicted octanol–water partition coefficient (Wildman–Crippen LogP) is 3.75. The molecule has 2 rings (SSSR count). The molecule has 0 aliphatic carbocycles. The summed E-state index contributed by atoms with van der Waals surface area (Å²) in [6.07, 6.45) is -1.48. The van der Waals surface area contributed by atoms with Crippen LogP contribution in [0.3, 0.4) is 0 Å². The average molecular weight is 471 g/mol. The average Bonchev–Trinajstić information content (AvgIpc) is 3.04. The highest BCUT2D eigenvalue weighted by Gasteiger charge is 2.30. The quantitative estimate of drug-likeness (QED) is 0.554. The van der Waals surface area contributed by atoms with Gasteiger partial charge in [0.05, 0.1) is 17.9 Å². The van der Waals surface area contributed by atoms with Crippen LogP contribution in [0.15, 0.2) is 18.7 Å². The number of sulfone groups is 1. The molecule has 7 nitrogen and oxygen atoms in total. The molecule has 0 saturated carbocycles. The van der Waals surface area contributed by atoms with Gasteiger partial charge in [0.2, 0.25) is 5.91 Å². The van der Waals surface area contributed by atoms with Crippen LogP contribution in [-0.2, 0) is 14.6 Å². The van der Waals surface area contributed by atoms with Crippen molar-refractivity contribution in [2.75, 3.05) is 23.0 Å². The first-order chi connectivity index (χ1) is 13.5. The molecule has 0 atom stereocenters. The first-order valence-corrected chi connectivity index (χ1v) is 11.5. The number of halogens is 4. The third kappa shape index (κ3) is 7.19. The van der Waals surface area contributed by atoms with Gasteiger partial charge >= 0.3 is 6.18 Å². The summed E-state index contributed by atoms with van der Waals surface area (Å²) in [5.41, 5.74) is 0.601. The second-order valence-electron chi connectivity index (χ2n) is 6.05. The second kappa shape index (κ2) is 9.81. The maximum absolute atomic E-state index is 12.6. The molecule has 2 heterocycles. The van der Waals surface area contributed by atoms with Gasteiger partial charge in [-0.1, -0.05) is 29.9 Å². The van der Waals surface area contributed by atoms with Gasteiger partial charge in [0.1, 0.15) is 16.3 Å². The Labute approximate surface area is 174 Å². The van der Waals surface area contributed by atoms with Crippen LogP contribution in [0.5, 0.6) is 0 Å². The number of hydrogen-bond acceptors (Lipinski definition) is 7. The standard InChI is InChI=1S/C16H18ClF3N4O3S2/c1-2-5-24(12(25)3-6-29(26,27)7-4-16(18,19)20)15-13(17)23-14(28-15)11-8-21-10-22-9-11/h8-10H,2-7H2,1H3. The summed E-state index contributed by atoms with van der Waals surface area (Å²) in [5, 5.41) is 0.887. The number of alkyl halides is 3. The van der Waals surface area contributed by atoms with E-state index in [1.807, 2.05) is 6.92 Å². The lowest BCUT2D eigenvalue weighted by Crippen LogP contribution is -2.33. The molecule has 0 spiro atoms. The zero-order chi connectivity index (χ0) is 21.7. The number of carbonyl (C=O) groups is 1. The van der Waals surface area contributed by atoms with E-state index < -0.39 is 46.3 Å². The molecule has 0 bridgehead atoms. The van der Waals surface area contributed by atoms with Gasteiger partial charge in [-0.05, 0) is 6.42 Å². The van der Waals surface area contributed by atoms with E-state index in [4.69, 9.17) is 11.6 Å². The number of thiazole rings is 1. The van der Waals surface area contributed by atoms with Crippen molar-refractivity contribution >= 4 is 43.7 Å². The highest BCUT2D eigenvalue weighted by molar-refractivity contribution is 7.91. The Hall–Kier alpha value is -1.79. The van der Waals surface area contributed by atoms with Crippen LogP contribution in [0.25, 0.3) is 10.6 Å². The Morgan fingerprint density at radius 1 is 1.24 bits per heavy atom. The van der Waals surface area contributed by atoms with Gasteiger partial charge in [-0.15, -0.1) is 0 Å². The van der Waals surface area contributed by atoms with Crippen LogP contribution in [0, 0.1) is 0 Å². The zero-order valence-corrected chi connectivity index (χ0v) is 17.7. The molecule has 13 heteroatoms. The minimum absolute atomic E-state index is 0.0654. The van der Waals surface area contributed by atoms with Gasteiger partial charge in [-0.25, -0.2) is 23.4 Å². The van der Waals surface area contributed by atoms with E-state index >= 15 is 0 Å². The maximum Gasteiger partial charge on any atom is 0.390 e. The van der Waals surface area contributed by atoms with Crippen LogP contribution in [0.1, 0.15) is 26.2 Å². The van der Waals surface area contributed by atoms with Crippen molar-refractivity contribution < 1.29 is 26.4 Å². The molecule has 2 aromatic heterocycles. The monoisotopic (exact) mass is 470 g/mol. The number of amides is 1. The lowest BCUT2D eigenvalue weighted by molar-refractivity contribution is -0.129. The van der Waals surface area contributed by atoms with Crippen molar-refractivity contribution in [1.29, 1.82) is 0 Å². The lowest BCUT2D eigenvalue weighted by atomic mass is 10.3. The van der Waals surface area contributed by atoms with Crippen molar-refractivity contribution in [1.82, 2.24) is 15.0 Å². The van der Waals surface area contributed by atoms with Crippen molar-refractivity contribution in [2.24, 2.45) is 0 Å². The van der Waals surface area contributed by atoms with E-state index in [-0.39, 0.29) is 11.7 Å². The molecule has 0 aliphatic rings. The molecule has 1 amide bonds. The fourth-order valence-electron chi connectivity index (χ4n) is 2.31. The van der Waals surface area contributed by atoms with Crippen molar-refractivity contribution in [3.8, 4) is 10.6 Å². The van der Waals surface area contributed by atoms with Gasteiger partial charge in [0.25, 0.3) is 0 Å². The number of aromatic nitrogens is 3. The van der Waals surface area contributed by atoms with Gasteiger partial charge in [-0.2, -0.15) is 13.2 Å². The minimum Gasteiger partial charge on any atom is -0.301 e. The molecule has 0 saturated heterocycles. The molecule has 0 N–H and O–H groups in total. The smallest absolute Gasteiger partial charge is 0.301 e. The van der Waals surface area contributed by atoms with Crippen LogP contribution >= 0.6 is 22.9 Å². The molecule has 160 valence electrons. The van der Waals surface area contributed by atoms with E-state index in [0.29, 0.717) is 22.0 Å². The fourth-order valence-corrected chi connectivity index (χ4v) is 4.87. The SMILES string of the molecule is CCCN(C(=O)CCS(=O)(=O)CCC(F)(F)F)c1sc(-c2cncnc2)nc1Cl. The summed E-state index contributed by atoms with van der Waals surface area (Å²) in [6, 6.07) is 0. The lowest BCUT2D eigenvalue weighted by Gasteiger charge is -2.20. The van der Waals surface area contributed by atoms with E-state index in [1.165, 1.54) is 23.6 Å². The fraction of sp³-hybridized carbons (Fsp3) is 0.500. The van der Waals surface area contributed by atoms with E-state index in [2.05, 4.69) is 15.0 Å².